The Balaban J connectivity index is 1.60. The van der Waals surface area contributed by atoms with Gasteiger partial charge in [-0.3, -0.25) is 4.79 Å². The van der Waals surface area contributed by atoms with Crippen LogP contribution in [0.5, 0.6) is 0 Å². The maximum atomic E-state index is 12.2. The summed E-state index contributed by atoms with van der Waals surface area (Å²) in [6.07, 6.45) is 2.15. The normalized spacial score (nSPS) is 21.8. The van der Waals surface area contributed by atoms with Gasteiger partial charge in [-0.15, -0.1) is 0 Å². The van der Waals surface area contributed by atoms with Gasteiger partial charge in [-0.05, 0) is 25.0 Å². The minimum absolute atomic E-state index is 0.0189. The average Bonchev–Trinajstić information content (AvgIpc) is 3.18. The van der Waals surface area contributed by atoms with Gasteiger partial charge in [0.15, 0.2) is 0 Å². The highest BCUT2D eigenvalue weighted by Gasteiger charge is 2.47. The lowest BCUT2D eigenvalue weighted by molar-refractivity contribution is -0.136. The van der Waals surface area contributed by atoms with E-state index >= 15 is 0 Å². The number of para-hydroxylation sites is 1. The van der Waals surface area contributed by atoms with Gasteiger partial charge in [0.2, 0.25) is 5.91 Å². The molecule has 1 heterocycles. The number of nitrogens with zero attached hydrogens (tertiary/aromatic N) is 2. The van der Waals surface area contributed by atoms with Gasteiger partial charge in [0, 0.05) is 37.3 Å². The number of rotatable bonds is 2. The number of hydrogen-bond donors (Lipinski definition) is 0. The maximum Gasteiger partial charge on any atom is 0.228 e. The Labute approximate surface area is 108 Å². The van der Waals surface area contributed by atoms with Crippen LogP contribution in [-0.2, 0) is 4.79 Å². The quantitative estimate of drug-likeness (QED) is 0.795. The van der Waals surface area contributed by atoms with E-state index in [4.69, 9.17) is 0 Å². The van der Waals surface area contributed by atoms with Gasteiger partial charge in [0.25, 0.3) is 0 Å². The third-order valence-corrected chi connectivity index (χ3v) is 4.20. The molecule has 3 nitrogen and oxygen atoms in total. The number of carbonyl (C=O) groups is 1. The van der Waals surface area contributed by atoms with Crippen LogP contribution in [0.25, 0.3) is 0 Å². The minimum atomic E-state index is -0.0189. The van der Waals surface area contributed by atoms with Crippen molar-refractivity contribution in [2.45, 2.75) is 19.8 Å². The van der Waals surface area contributed by atoms with Crippen molar-refractivity contribution in [2.75, 3.05) is 31.1 Å². The molecule has 0 atom stereocenters. The van der Waals surface area contributed by atoms with E-state index in [0.717, 1.165) is 39.0 Å². The van der Waals surface area contributed by atoms with Gasteiger partial charge in [0.05, 0.1) is 0 Å². The summed E-state index contributed by atoms with van der Waals surface area (Å²) in [5, 5.41) is 0. The fourth-order valence-electron chi connectivity index (χ4n) is 2.59. The van der Waals surface area contributed by atoms with E-state index in [1.54, 1.807) is 0 Å². The number of anilines is 1. The molecule has 1 saturated carbocycles. The molecular formula is C15H20N2O. The first-order valence-electron chi connectivity index (χ1n) is 6.78. The molecule has 1 aliphatic heterocycles. The summed E-state index contributed by atoms with van der Waals surface area (Å²) in [7, 11) is 0. The van der Waals surface area contributed by atoms with Crippen molar-refractivity contribution in [3.8, 4) is 0 Å². The van der Waals surface area contributed by atoms with E-state index < -0.39 is 0 Å². The van der Waals surface area contributed by atoms with Crippen LogP contribution >= 0.6 is 0 Å². The van der Waals surface area contributed by atoms with Gasteiger partial charge in [0.1, 0.15) is 0 Å². The second kappa shape index (κ2) is 4.30. The molecule has 1 aromatic rings. The number of amides is 1. The molecule has 96 valence electrons. The van der Waals surface area contributed by atoms with E-state index in [2.05, 4.69) is 36.1 Å². The highest BCUT2D eigenvalue weighted by atomic mass is 16.2. The van der Waals surface area contributed by atoms with Gasteiger partial charge in [-0.2, -0.15) is 0 Å². The Hall–Kier alpha value is -1.51. The zero-order chi connectivity index (χ0) is 12.6. The summed E-state index contributed by atoms with van der Waals surface area (Å²) in [6.45, 7) is 5.73. The molecule has 0 N–H and O–H groups in total. The lowest BCUT2D eigenvalue weighted by Gasteiger charge is -2.37. The summed E-state index contributed by atoms with van der Waals surface area (Å²) in [5.74, 6) is 0.371. The van der Waals surface area contributed by atoms with Gasteiger partial charge >= 0.3 is 0 Å². The van der Waals surface area contributed by atoms with Crippen LogP contribution in [0.2, 0.25) is 0 Å². The zero-order valence-corrected chi connectivity index (χ0v) is 10.9. The molecule has 1 aromatic carbocycles. The van der Waals surface area contributed by atoms with Crippen molar-refractivity contribution in [3.63, 3.8) is 0 Å². The van der Waals surface area contributed by atoms with Crippen LogP contribution in [0.15, 0.2) is 30.3 Å². The molecule has 1 amide bonds. The summed E-state index contributed by atoms with van der Waals surface area (Å²) in [5.41, 5.74) is 1.25. The monoisotopic (exact) mass is 244 g/mol. The van der Waals surface area contributed by atoms with E-state index in [0.29, 0.717) is 5.91 Å². The van der Waals surface area contributed by atoms with Gasteiger partial charge < -0.3 is 9.80 Å². The Bertz CT molecular complexity index is 431. The van der Waals surface area contributed by atoms with E-state index in [1.807, 2.05) is 11.0 Å². The van der Waals surface area contributed by atoms with Crippen molar-refractivity contribution in [3.05, 3.63) is 30.3 Å². The van der Waals surface area contributed by atoms with Crippen molar-refractivity contribution >= 4 is 11.6 Å². The largest absolute Gasteiger partial charge is 0.368 e. The highest BCUT2D eigenvalue weighted by molar-refractivity contribution is 5.85. The second-order valence-corrected chi connectivity index (χ2v) is 5.68. The van der Waals surface area contributed by atoms with Crippen LogP contribution in [-0.4, -0.2) is 37.0 Å². The number of hydrogen-bond acceptors (Lipinski definition) is 2. The molecule has 3 heteroatoms. The first kappa shape index (κ1) is 11.6. The molecule has 2 fully saturated rings. The molecule has 0 spiro atoms. The molecule has 0 bridgehead atoms. The zero-order valence-electron chi connectivity index (χ0n) is 10.9. The Morgan fingerprint density at radius 2 is 1.67 bits per heavy atom. The first-order valence-corrected chi connectivity index (χ1v) is 6.78. The first-order chi connectivity index (χ1) is 8.69. The lowest BCUT2D eigenvalue weighted by Crippen LogP contribution is -2.50. The molecule has 18 heavy (non-hydrogen) atoms. The second-order valence-electron chi connectivity index (χ2n) is 5.68. The van der Waals surface area contributed by atoms with Gasteiger partial charge in [-0.1, -0.05) is 25.1 Å². The van der Waals surface area contributed by atoms with Crippen LogP contribution < -0.4 is 4.90 Å². The van der Waals surface area contributed by atoms with Crippen LogP contribution in [0.1, 0.15) is 19.8 Å². The minimum Gasteiger partial charge on any atom is -0.368 e. The summed E-state index contributed by atoms with van der Waals surface area (Å²) >= 11 is 0. The Morgan fingerprint density at radius 3 is 2.22 bits per heavy atom. The fraction of sp³-hybridized carbons (Fsp3) is 0.533. The van der Waals surface area contributed by atoms with E-state index in [-0.39, 0.29) is 5.41 Å². The lowest BCUT2D eigenvalue weighted by atomic mass is 10.1. The van der Waals surface area contributed by atoms with Crippen molar-refractivity contribution in [1.82, 2.24) is 4.90 Å². The molecule has 1 aliphatic carbocycles. The third-order valence-electron chi connectivity index (χ3n) is 4.20. The number of carbonyl (C=O) groups excluding carboxylic acids is 1. The SMILES string of the molecule is CC1(C(=O)N2CCN(c3ccccc3)CC2)CC1. The van der Waals surface area contributed by atoms with Crippen molar-refractivity contribution in [1.29, 1.82) is 0 Å². The average molecular weight is 244 g/mol. The molecule has 3 rings (SSSR count). The molecule has 2 aliphatic rings. The Morgan fingerprint density at radius 1 is 1.06 bits per heavy atom. The predicted octanol–water partition coefficient (Wildman–Crippen LogP) is 2.14. The molecular weight excluding hydrogens is 224 g/mol. The van der Waals surface area contributed by atoms with Crippen LogP contribution in [0, 0.1) is 5.41 Å². The summed E-state index contributed by atoms with van der Waals surface area (Å²) < 4.78 is 0. The highest BCUT2D eigenvalue weighted by Crippen LogP contribution is 2.46. The van der Waals surface area contributed by atoms with E-state index in [9.17, 15) is 4.79 Å². The van der Waals surface area contributed by atoms with Gasteiger partial charge in [-0.25, -0.2) is 0 Å². The van der Waals surface area contributed by atoms with E-state index in [1.165, 1.54) is 5.69 Å². The number of piperazine rings is 1. The number of benzene rings is 1. The molecule has 0 unspecified atom stereocenters. The standard InChI is InChI=1S/C15H20N2O/c1-15(7-8-15)14(18)17-11-9-16(10-12-17)13-5-3-2-4-6-13/h2-6H,7-12H2,1H3. The van der Waals surface area contributed by atoms with Crippen LogP contribution in [0.3, 0.4) is 0 Å². The van der Waals surface area contributed by atoms with Crippen LogP contribution in [0.4, 0.5) is 5.69 Å². The maximum absolute atomic E-state index is 12.2. The molecule has 1 saturated heterocycles. The Kier molecular flexibility index (Phi) is 2.77. The fourth-order valence-corrected chi connectivity index (χ4v) is 2.59. The smallest absolute Gasteiger partial charge is 0.228 e. The van der Waals surface area contributed by atoms with Crippen molar-refractivity contribution in [2.24, 2.45) is 5.41 Å². The van der Waals surface area contributed by atoms with Crippen molar-refractivity contribution < 1.29 is 4.79 Å². The molecule has 0 aromatic heterocycles. The third kappa shape index (κ3) is 2.09. The topological polar surface area (TPSA) is 23.6 Å². The summed E-state index contributed by atoms with van der Waals surface area (Å²) in [6, 6.07) is 10.5. The molecule has 0 radical (unpaired) electrons. The summed E-state index contributed by atoms with van der Waals surface area (Å²) in [4.78, 5) is 16.6. The predicted molar refractivity (Wildman–Crippen MR) is 72.6 cm³/mol.